The van der Waals surface area contributed by atoms with Crippen molar-refractivity contribution in [3.05, 3.63) is 0 Å². The maximum atomic E-state index is 11.5. The van der Waals surface area contributed by atoms with Gasteiger partial charge in [0.15, 0.2) is 0 Å². The first-order chi connectivity index (χ1) is 6.68. The average molecular weight is 272 g/mol. The molecule has 1 rings (SSSR count). The van der Waals surface area contributed by atoms with E-state index in [0.29, 0.717) is 6.54 Å². The lowest BCUT2D eigenvalue weighted by Gasteiger charge is -2.19. The summed E-state index contributed by atoms with van der Waals surface area (Å²) in [6.45, 7) is 8.59. The molecule has 1 amide bonds. The van der Waals surface area contributed by atoms with Crippen molar-refractivity contribution in [1.29, 1.82) is 0 Å². The highest BCUT2D eigenvalue weighted by Crippen LogP contribution is 1.94. The van der Waals surface area contributed by atoms with Crippen molar-refractivity contribution in [3.8, 4) is 0 Å². The van der Waals surface area contributed by atoms with Crippen molar-refractivity contribution in [3.63, 3.8) is 0 Å². The predicted molar refractivity (Wildman–Crippen MR) is 71.7 cm³/mol. The molecule has 0 radical (unpaired) electrons. The van der Waals surface area contributed by atoms with Crippen LogP contribution < -0.4 is 10.6 Å². The fraction of sp³-hybridized carbons (Fsp3) is 0.900. The molecule has 16 heavy (non-hydrogen) atoms. The molecule has 0 bridgehead atoms. The highest BCUT2D eigenvalue weighted by molar-refractivity contribution is 5.85. The Bertz CT molecular complexity index is 183. The summed E-state index contributed by atoms with van der Waals surface area (Å²) >= 11 is 0. The lowest BCUT2D eigenvalue weighted by molar-refractivity contribution is -0.122. The van der Waals surface area contributed by atoms with Crippen LogP contribution >= 0.6 is 24.8 Å². The van der Waals surface area contributed by atoms with Crippen LogP contribution in [0, 0.1) is 0 Å². The second-order valence-corrected chi connectivity index (χ2v) is 4.10. The molecule has 0 spiro atoms. The molecular weight excluding hydrogens is 249 g/mol. The van der Waals surface area contributed by atoms with Crippen molar-refractivity contribution in [2.24, 2.45) is 0 Å². The number of rotatable bonds is 3. The zero-order valence-electron chi connectivity index (χ0n) is 9.99. The molecule has 0 aromatic carbocycles. The Kier molecular flexibility index (Phi) is 11.6. The number of halogens is 2. The number of hydrogen-bond donors (Lipinski definition) is 2. The first kappa shape index (κ1) is 18.3. The minimum atomic E-state index is 0. The molecule has 0 aromatic rings. The van der Waals surface area contributed by atoms with E-state index in [9.17, 15) is 4.79 Å². The van der Waals surface area contributed by atoms with Gasteiger partial charge in [-0.2, -0.15) is 0 Å². The van der Waals surface area contributed by atoms with Crippen LogP contribution in [0.5, 0.6) is 0 Å². The molecule has 98 valence electrons. The number of carbonyl (C=O) groups is 1. The lowest BCUT2D eigenvalue weighted by atomic mass is 10.3. The Morgan fingerprint density at radius 2 is 2.00 bits per heavy atom. The van der Waals surface area contributed by atoms with Gasteiger partial charge in [-0.05, 0) is 33.4 Å². The minimum Gasteiger partial charge on any atom is -0.353 e. The normalized spacial score (nSPS) is 16.9. The number of carbonyl (C=O) groups excluding carboxylic acids is 1. The fourth-order valence-corrected chi connectivity index (χ4v) is 1.63. The van der Waals surface area contributed by atoms with Crippen molar-refractivity contribution in [2.45, 2.75) is 26.3 Å². The van der Waals surface area contributed by atoms with E-state index < -0.39 is 0 Å². The molecule has 2 N–H and O–H groups in total. The SMILES string of the molecule is CC(C)NC(=O)CN1CCCNCC1.Cl.Cl. The molecule has 1 aliphatic rings. The molecule has 1 fully saturated rings. The van der Waals surface area contributed by atoms with Gasteiger partial charge in [0.25, 0.3) is 0 Å². The second-order valence-electron chi connectivity index (χ2n) is 4.10. The standard InChI is InChI=1S/C10H21N3O.2ClH/c1-9(2)12-10(14)8-13-6-3-4-11-5-7-13;;/h9,11H,3-8H2,1-2H3,(H,12,14);2*1H. The van der Waals surface area contributed by atoms with E-state index in [-0.39, 0.29) is 36.8 Å². The average Bonchev–Trinajstić information content (AvgIpc) is 2.31. The molecule has 0 aromatic heterocycles. The minimum absolute atomic E-state index is 0. The fourth-order valence-electron chi connectivity index (χ4n) is 1.63. The maximum Gasteiger partial charge on any atom is 0.234 e. The third-order valence-electron chi connectivity index (χ3n) is 2.25. The number of nitrogens with zero attached hydrogens (tertiary/aromatic N) is 1. The predicted octanol–water partition coefficient (Wildman–Crippen LogP) is 0.650. The molecule has 1 aliphatic heterocycles. The van der Waals surface area contributed by atoms with Crippen LogP contribution in [-0.2, 0) is 4.79 Å². The molecular formula is C10H23Cl2N3O. The summed E-state index contributed by atoms with van der Waals surface area (Å²) in [5.74, 6) is 0.141. The first-order valence-corrected chi connectivity index (χ1v) is 5.41. The van der Waals surface area contributed by atoms with Crippen molar-refractivity contribution in [1.82, 2.24) is 15.5 Å². The summed E-state index contributed by atoms with van der Waals surface area (Å²) in [5, 5.41) is 6.23. The van der Waals surface area contributed by atoms with E-state index in [2.05, 4.69) is 15.5 Å². The van der Waals surface area contributed by atoms with E-state index in [4.69, 9.17) is 0 Å². The van der Waals surface area contributed by atoms with E-state index in [1.165, 1.54) is 0 Å². The number of amides is 1. The molecule has 0 saturated carbocycles. The number of hydrogen-bond acceptors (Lipinski definition) is 3. The highest BCUT2D eigenvalue weighted by atomic mass is 35.5. The van der Waals surface area contributed by atoms with Gasteiger partial charge in [0.1, 0.15) is 0 Å². The zero-order chi connectivity index (χ0) is 10.4. The van der Waals surface area contributed by atoms with Crippen LogP contribution in [0.2, 0.25) is 0 Å². The Hall–Kier alpha value is -0.0300. The van der Waals surface area contributed by atoms with E-state index in [1.54, 1.807) is 0 Å². The third-order valence-corrected chi connectivity index (χ3v) is 2.25. The van der Waals surface area contributed by atoms with Gasteiger partial charge in [0, 0.05) is 19.1 Å². The summed E-state index contributed by atoms with van der Waals surface area (Å²) < 4.78 is 0. The van der Waals surface area contributed by atoms with Gasteiger partial charge in [-0.1, -0.05) is 0 Å². The topological polar surface area (TPSA) is 44.4 Å². The Balaban J connectivity index is 0. The van der Waals surface area contributed by atoms with Crippen molar-refractivity contribution >= 4 is 30.7 Å². The van der Waals surface area contributed by atoms with Gasteiger partial charge >= 0.3 is 0 Å². The molecule has 6 heteroatoms. The highest BCUT2D eigenvalue weighted by Gasteiger charge is 2.12. The lowest BCUT2D eigenvalue weighted by Crippen LogP contribution is -2.41. The van der Waals surface area contributed by atoms with Gasteiger partial charge < -0.3 is 10.6 Å². The summed E-state index contributed by atoms with van der Waals surface area (Å²) in [5.41, 5.74) is 0. The van der Waals surface area contributed by atoms with E-state index in [0.717, 1.165) is 32.6 Å². The van der Waals surface area contributed by atoms with Crippen LogP contribution in [0.25, 0.3) is 0 Å². The molecule has 4 nitrogen and oxygen atoms in total. The Labute approximate surface area is 110 Å². The summed E-state index contributed by atoms with van der Waals surface area (Å²) in [6, 6.07) is 0.243. The van der Waals surface area contributed by atoms with Gasteiger partial charge in [0.05, 0.1) is 6.54 Å². The third kappa shape index (κ3) is 8.16. The van der Waals surface area contributed by atoms with Gasteiger partial charge in [0.2, 0.25) is 5.91 Å². The van der Waals surface area contributed by atoms with Gasteiger partial charge in [-0.25, -0.2) is 0 Å². The van der Waals surface area contributed by atoms with Crippen molar-refractivity contribution in [2.75, 3.05) is 32.7 Å². The van der Waals surface area contributed by atoms with Crippen LogP contribution in [-0.4, -0.2) is 49.6 Å². The van der Waals surface area contributed by atoms with Crippen molar-refractivity contribution < 1.29 is 4.79 Å². The molecule has 0 aliphatic carbocycles. The maximum absolute atomic E-state index is 11.5. The number of nitrogens with one attached hydrogen (secondary N) is 2. The Morgan fingerprint density at radius 1 is 1.31 bits per heavy atom. The zero-order valence-corrected chi connectivity index (χ0v) is 11.6. The van der Waals surface area contributed by atoms with Gasteiger partial charge in [-0.15, -0.1) is 24.8 Å². The van der Waals surface area contributed by atoms with Crippen LogP contribution in [0.3, 0.4) is 0 Å². The van der Waals surface area contributed by atoms with Crippen LogP contribution in [0.15, 0.2) is 0 Å². The summed E-state index contributed by atoms with van der Waals surface area (Å²) in [6.07, 6.45) is 1.13. The first-order valence-electron chi connectivity index (χ1n) is 5.41. The molecule has 0 unspecified atom stereocenters. The van der Waals surface area contributed by atoms with Gasteiger partial charge in [-0.3, -0.25) is 9.69 Å². The molecule has 1 heterocycles. The molecule has 1 saturated heterocycles. The van der Waals surface area contributed by atoms with E-state index in [1.807, 2.05) is 13.8 Å². The molecule has 0 atom stereocenters. The largest absolute Gasteiger partial charge is 0.353 e. The second kappa shape index (κ2) is 10.1. The Morgan fingerprint density at radius 3 is 2.62 bits per heavy atom. The van der Waals surface area contributed by atoms with Crippen LogP contribution in [0.4, 0.5) is 0 Å². The smallest absolute Gasteiger partial charge is 0.234 e. The summed E-state index contributed by atoms with van der Waals surface area (Å²) in [4.78, 5) is 13.7. The monoisotopic (exact) mass is 271 g/mol. The van der Waals surface area contributed by atoms with E-state index >= 15 is 0 Å². The van der Waals surface area contributed by atoms with Crippen LogP contribution in [0.1, 0.15) is 20.3 Å². The quantitative estimate of drug-likeness (QED) is 0.793. The summed E-state index contributed by atoms with van der Waals surface area (Å²) in [7, 11) is 0.